The van der Waals surface area contributed by atoms with Gasteiger partial charge in [-0.3, -0.25) is 0 Å². The highest BCUT2D eigenvalue weighted by Crippen LogP contribution is 2.38. The zero-order valence-electron chi connectivity index (χ0n) is 25.1. The molecule has 7 heteroatoms. The van der Waals surface area contributed by atoms with Gasteiger partial charge in [-0.1, -0.05) is 127 Å². The van der Waals surface area contributed by atoms with E-state index in [1.807, 2.05) is 78.9 Å². The van der Waals surface area contributed by atoms with Crippen molar-refractivity contribution in [3.8, 4) is 0 Å². The molecule has 0 bridgehead atoms. The molecule has 1 aromatic heterocycles. The van der Waals surface area contributed by atoms with Gasteiger partial charge in [0, 0.05) is 9.77 Å². The fraction of sp³-hybridized carbons (Fsp3) is 0.263. The molecule has 5 atom stereocenters. The Labute approximate surface area is 274 Å². The van der Waals surface area contributed by atoms with Crippen molar-refractivity contribution in [3.05, 3.63) is 160 Å². The Morgan fingerprint density at radius 3 is 1.64 bits per heavy atom. The van der Waals surface area contributed by atoms with Crippen LogP contribution in [0.25, 0.3) is 0 Å². The Balaban J connectivity index is 1.30. The lowest BCUT2D eigenvalue weighted by atomic mass is 9.99. The van der Waals surface area contributed by atoms with E-state index in [2.05, 4.69) is 60.0 Å². The SMILES string of the molecule is c1ccc(COC[C@H]2O[C@@H](Sc3ccccc3)[C@H](OCc3cccs3)[C@@H](OCc3ccccc3)[C@@H]2OCc2ccccc2)cc1. The molecular formula is C38H38O5S2. The number of thiophene rings is 1. The molecule has 0 saturated carbocycles. The first-order valence-corrected chi connectivity index (χ1v) is 17.0. The van der Waals surface area contributed by atoms with E-state index in [-0.39, 0.29) is 11.5 Å². The van der Waals surface area contributed by atoms with Crippen molar-refractivity contribution in [2.75, 3.05) is 6.61 Å². The highest BCUT2D eigenvalue weighted by atomic mass is 32.2. The van der Waals surface area contributed by atoms with Crippen molar-refractivity contribution in [2.24, 2.45) is 0 Å². The van der Waals surface area contributed by atoms with Crippen molar-refractivity contribution in [1.82, 2.24) is 0 Å². The standard InChI is InChI=1S/C38H38O5S2/c1-5-14-29(15-6-1)24-39-28-34-35(40-25-30-16-7-2-8-17-30)36(41-26-31-18-9-3-10-19-31)37(42-27-33-22-13-23-44-33)38(43-34)45-32-20-11-4-12-21-32/h1-23,34-38H,24-28H2/t34-,35-,36+,37-,38+/m1/s1. The summed E-state index contributed by atoms with van der Waals surface area (Å²) in [5.74, 6) is 0. The summed E-state index contributed by atoms with van der Waals surface area (Å²) < 4.78 is 33.5. The second kappa shape index (κ2) is 16.9. The third-order valence-electron chi connectivity index (χ3n) is 7.55. The number of hydrogen-bond acceptors (Lipinski definition) is 7. The number of hydrogen-bond donors (Lipinski definition) is 0. The van der Waals surface area contributed by atoms with E-state index in [1.54, 1.807) is 23.1 Å². The average Bonchev–Trinajstić information content (AvgIpc) is 3.62. The predicted molar refractivity (Wildman–Crippen MR) is 180 cm³/mol. The summed E-state index contributed by atoms with van der Waals surface area (Å²) in [6.45, 7) is 2.14. The lowest BCUT2D eigenvalue weighted by Gasteiger charge is -2.46. The molecule has 0 aliphatic carbocycles. The molecule has 0 radical (unpaired) electrons. The minimum Gasteiger partial charge on any atom is -0.374 e. The first-order chi connectivity index (χ1) is 22.3. The van der Waals surface area contributed by atoms with Crippen LogP contribution < -0.4 is 0 Å². The number of rotatable bonds is 15. The molecule has 45 heavy (non-hydrogen) atoms. The van der Waals surface area contributed by atoms with Crippen LogP contribution in [0.5, 0.6) is 0 Å². The van der Waals surface area contributed by atoms with Crippen LogP contribution in [-0.2, 0) is 50.1 Å². The molecule has 0 amide bonds. The van der Waals surface area contributed by atoms with Crippen LogP contribution in [0.15, 0.2) is 144 Å². The van der Waals surface area contributed by atoms with Crippen molar-refractivity contribution >= 4 is 23.1 Å². The van der Waals surface area contributed by atoms with Crippen LogP contribution in [0.3, 0.4) is 0 Å². The van der Waals surface area contributed by atoms with Crippen molar-refractivity contribution in [2.45, 2.75) is 61.2 Å². The molecule has 4 aromatic carbocycles. The van der Waals surface area contributed by atoms with E-state index in [0.29, 0.717) is 33.0 Å². The predicted octanol–water partition coefficient (Wildman–Crippen LogP) is 8.54. The maximum absolute atomic E-state index is 6.91. The normalized spacial score (nSPS) is 21.5. The molecule has 1 saturated heterocycles. The summed E-state index contributed by atoms with van der Waals surface area (Å²) in [5, 5.41) is 2.07. The van der Waals surface area contributed by atoms with E-state index in [9.17, 15) is 0 Å². The van der Waals surface area contributed by atoms with Gasteiger partial charge < -0.3 is 23.7 Å². The zero-order valence-corrected chi connectivity index (χ0v) is 26.7. The molecule has 0 unspecified atom stereocenters. The maximum atomic E-state index is 6.91. The van der Waals surface area contributed by atoms with Crippen LogP contribution in [-0.4, -0.2) is 36.5 Å². The molecule has 5 aromatic rings. The Hall–Kier alpha value is -3.27. The largest absolute Gasteiger partial charge is 0.374 e. The molecule has 1 aliphatic rings. The molecule has 232 valence electrons. The maximum Gasteiger partial charge on any atom is 0.137 e. The Kier molecular flexibility index (Phi) is 11.9. The van der Waals surface area contributed by atoms with Crippen molar-refractivity contribution in [3.63, 3.8) is 0 Å². The summed E-state index contributed by atoms with van der Waals surface area (Å²) in [5.41, 5.74) is 2.93. The van der Waals surface area contributed by atoms with Gasteiger partial charge in [-0.15, -0.1) is 11.3 Å². The van der Waals surface area contributed by atoms with Crippen LogP contribution in [0, 0.1) is 0 Å². The topological polar surface area (TPSA) is 46.2 Å². The quantitative estimate of drug-likeness (QED) is 0.115. The van der Waals surface area contributed by atoms with Crippen LogP contribution in [0.1, 0.15) is 21.6 Å². The highest BCUT2D eigenvalue weighted by Gasteiger charge is 2.49. The third-order valence-corrected chi connectivity index (χ3v) is 9.55. The Bertz CT molecular complexity index is 1500. The monoisotopic (exact) mass is 638 g/mol. The first kappa shape index (κ1) is 31.7. The molecule has 2 heterocycles. The summed E-state index contributed by atoms with van der Waals surface area (Å²) in [6, 6.07) is 45.1. The smallest absolute Gasteiger partial charge is 0.137 e. The average molecular weight is 639 g/mol. The van der Waals surface area contributed by atoms with Gasteiger partial charge in [-0.25, -0.2) is 0 Å². The lowest BCUT2D eigenvalue weighted by Crippen LogP contribution is -2.60. The molecule has 0 spiro atoms. The highest BCUT2D eigenvalue weighted by molar-refractivity contribution is 7.99. The fourth-order valence-corrected chi connectivity index (χ4v) is 7.06. The summed E-state index contributed by atoms with van der Waals surface area (Å²) in [7, 11) is 0. The van der Waals surface area contributed by atoms with Gasteiger partial charge in [0.25, 0.3) is 0 Å². The van der Waals surface area contributed by atoms with Crippen LogP contribution in [0.4, 0.5) is 0 Å². The molecular weight excluding hydrogens is 601 g/mol. The van der Waals surface area contributed by atoms with E-state index in [1.165, 1.54) is 0 Å². The van der Waals surface area contributed by atoms with E-state index in [0.717, 1.165) is 26.5 Å². The van der Waals surface area contributed by atoms with Gasteiger partial charge in [0.1, 0.15) is 29.9 Å². The molecule has 5 nitrogen and oxygen atoms in total. The lowest BCUT2D eigenvalue weighted by molar-refractivity contribution is -0.254. The Morgan fingerprint density at radius 2 is 1.07 bits per heavy atom. The van der Waals surface area contributed by atoms with E-state index in [4.69, 9.17) is 23.7 Å². The van der Waals surface area contributed by atoms with Crippen molar-refractivity contribution in [1.29, 1.82) is 0 Å². The minimum absolute atomic E-state index is 0.350. The van der Waals surface area contributed by atoms with Gasteiger partial charge in [0.15, 0.2) is 0 Å². The van der Waals surface area contributed by atoms with E-state index < -0.39 is 18.3 Å². The van der Waals surface area contributed by atoms with Gasteiger partial charge in [0.05, 0.1) is 33.0 Å². The number of ether oxygens (including phenoxy) is 5. The molecule has 6 rings (SSSR count). The fourth-order valence-electron chi connectivity index (χ4n) is 5.28. The van der Waals surface area contributed by atoms with Gasteiger partial charge in [0.2, 0.25) is 0 Å². The summed E-state index contributed by atoms with van der Waals surface area (Å²) in [6.07, 6.45) is -1.66. The van der Waals surface area contributed by atoms with Gasteiger partial charge in [-0.05, 0) is 40.3 Å². The number of benzene rings is 4. The minimum atomic E-state index is -0.439. The van der Waals surface area contributed by atoms with Gasteiger partial charge >= 0.3 is 0 Å². The molecule has 1 aliphatic heterocycles. The first-order valence-electron chi connectivity index (χ1n) is 15.3. The second-order valence-corrected chi connectivity index (χ2v) is 13.1. The second-order valence-electron chi connectivity index (χ2n) is 10.9. The van der Waals surface area contributed by atoms with Crippen LogP contribution in [0.2, 0.25) is 0 Å². The third kappa shape index (κ3) is 9.37. The summed E-state index contributed by atoms with van der Waals surface area (Å²) in [4.78, 5) is 2.25. The van der Waals surface area contributed by atoms with E-state index >= 15 is 0 Å². The number of thioether (sulfide) groups is 1. The molecule has 0 N–H and O–H groups in total. The van der Waals surface area contributed by atoms with Crippen LogP contribution >= 0.6 is 23.1 Å². The van der Waals surface area contributed by atoms with Crippen molar-refractivity contribution < 1.29 is 23.7 Å². The Morgan fingerprint density at radius 1 is 0.533 bits per heavy atom. The summed E-state index contributed by atoms with van der Waals surface area (Å²) >= 11 is 3.33. The zero-order chi connectivity index (χ0) is 30.5. The van der Waals surface area contributed by atoms with Gasteiger partial charge in [-0.2, -0.15) is 0 Å². The molecule has 1 fully saturated rings.